The smallest absolute Gasteiger partial charge is 0.251 e. The number of hydrogen-bond donors (Lipinski definition) is 2. The lowest BCUT2D eigenvalue weighted by Crippen LogP contribution is -2.24. The highest BCUT2D eigenvalue weighted by molar-refractivity contribution is 7.12. The summed E-state index contributed by atoms with van der Waals surface area (Å²) in [6, 6.07) is 5.30. The Morgan fingerprint density at radius 1 is 1.50 bits per heavy atom. The van der Waals surface area contributed by atoms with E-state index in [-0.39, 0.29) is 12.5 Å². The van der Waals surface area contributed by atoms with Crippen LogP contribution in [-0.4, -0.2) is 33.8 Å². The molecule has 6 heteroatoms. The zero-order valence-electron chi connectivity index (χ0n) is 8.51. The van der Waals surface area contributed by atoms with Crippen molar-refractivity contribution in [2.45, 2.75) is 6.42 Å². The second-order valence-corrected chi connectivity index (χ2v) is 4.07. The van der Waals surface area contributed by atoms with Crippen LogP contribution in [0.2, 0.25) is 0 Å². The molecule has 0 bridgehead atoms. The summed E-state index contributed by atoms with van der Waals surface area (Å²) >= 11 is 1.30. The Labute approximate surface area is 96.3 Å². The largest absolute Gasteiger partial charge is 0.396 e. The van der Waals surface area contributed by atoms with E-state index < -0.39 is 0 Å². The Morgan fingerprint density at radius 3 is 3.19 bits per heavy atom. The van der Waals surface area contributed by atoms with E-state index in [4.69, 9.17) is 5.11 Å². The number of carbonyl (C=O) groups excluding carboxylic acids is 1. The van der Waals surface area contributed by atoms with Crippen LogP contribution in [0, 0.1) is 0 Å². The molecule has 2 rings (SSSR count). The standard InChI is InChI=1S/C10H11N3O2S/c14-5-1-4-11-10(15)7-2-3-9-8(6-7)12-13-16-9/h2-3,6,14H,1,4-5H2,(H,11,15). The van der Waals surface area contributed by atoms with Crippen LogP contribution < -0.4 is 5.32 Å². The average Bonchev–Trinajstić information content (AvgIpc) is 2.76. The highest BCUT2D eigenvalue weighted by Gasteiger charge is 2.07. The molecule has 0 saturated heterocycles. The van der Waals surface area contributed by atoms with Gasteiger partial charge in [-0.15, -0.1) is 5.10 Å². The second kappa shape index (κ2) is 5.00. The lowest BCUT2D eigenvalue weighted by atomic mass is 10.2. The number of aliphatic hydroxyl groups is 1. The first-order chi connectivity index (χ1) is 7.81. The first-order valence-corrected chi connectivity index (χ1v) is 5.70. The van der Waals surface area contributed by atoms with Gasteiger partial charge in [0.15, 0.2) is 0 Å². The van der Waals surface area contributed by atoms with Crippen molar-refractivity contribution in [2.24, 2.45) is 0 Å². The molecule has 84 valence electrons. The molecule has 0 aliphatic heterocycles. The summed E-state index contributed by atoms with van der Waals surface area (Å²) in [5.74, 6) is -0.150. The van der Waals surface area contributed by atoms with E-state index in [0.717, 1.165) is 10.2 Å². The van der Waals surface area contributed by atoms with Gasteiger partial charge in [0.1, 0.15) is 5.52 Å². The lowest BCUT2D eigenvalue weighted by Gasteiger charge is -2.03. The van der Waals surface area contributed by atoms with Crippen LogP contribution in [0.3, 0.4) is 0 Å². The molecule has 1 aromatic heterocycles. The molecule has 16 heavy (non-hydrogen) atoms. The molecule has 0 atom stereocenters. The molecule has 2 aromatic rings. The Morgan fingerprint density at radius 2 is 2.38 bits per heavy atom. The summed E-state index contributed by atoms with van der Waals surface area (Å²) in [6.07, 6.45) is 0.562. The maximum absolute atomic E-state index is 11.6. The van der Waals surface area contributed by atoms with Crippen LogP contribution in [0.25, 0.3) is 10.2 Å². The fourth-order valence-electron chi connectivity index (χ4n) is 1.31. The van der Waals surface area contributed by atoms with Gasteiger partial charge >= 0.3 is 0 Å². The summed E-state index contributed by atoms with van der Waals surface area (Å²) in [4.78, 5) is 11.6. The lowest BCUT2D eigenvalue weighted by molar-refractivity contribution is 0.0951. The molecule has 1 amide bonds. The predicted molar refractivity (Wildman–Crippen MR) is 61.5 cm³/mol. The van der Waals surface area contributed by atoms with Crippen LogP contribution >= 0.6 is 11.5 Å². The molecule has 0 aliphatic rings. The number of nitrogens with zero attached hydrogens (tertiary/aromatic N) is 2. The molecule has 0 spiro atoms. The Kier molecular flexibility index (Phi) is 3.43. The Bertz CT molecular complexity index is 498. The van der Waals surface area contributed by atoms with Gasteiger partial charge in [-0.1, -0.05) is 4.49 Å². The van der Waals surface area contributed by atoms with E-state index in [0.29, 0.717) is 18.5 Å². The highest BCUT2D eigenvalue weighted by Crippen LogP contribution is 2.16. The molecule has 1 heterocycles. The fraction of sp³-hybridized carbons (Fsp3) is 0.300. The maximum atomic E-state index is 11.6. The number of aliphatic hydroxyl groups excluding tert-OH is 1. The van der Waals surface area contributed by atoms with Crippen LogP contribution in [0.5, 0.6) is 0 Å². The molecule has 0 unspecified atom stereocenters. The SMILES string of the molecule is O=C(NCCCO)c1ccc2snnc2c1. The van der Waals surface area contributed by atoms with Crippen LogP contribution in [0.1, 0.15) is 16.8 Å². The summed E-state index contributed by atoms with van der Waals surface area (Å²) in [5, 5.41) is 15.2. The average molecular weight is 237 g/mol. The maximum Gasteiger partial charge on any atom is 0.251 e. The number of fused-ring (bicyclic) bond motifs is 1. The molecule has 2 N–H and O–H groups in total. The minimum Gasteiger partial charge on any atom is -0.396 e. The summed E-state index contributed by atoms with van der Waals surface area (Å²) in [6.45, 7) is 0.554. The minimum absolute atomic E-state index is 0.0787. The van der Waals surface area contributed by atoms with Gasteiger partial charge in [-0.25, -0.2) is 0 Å². The summed E-state index contributed by atoms with van der Waals surface area (Å²) in [7, 11) is 0. The Balaban J connectivity index is 2.10. The second-order valence-electron chi connectivity index (χ2n) is 3.29. The van der Waals surface area contributed by atoms with Crippen molar-refractivity contribution in [3.05, 3.63) is 23.8 Å². The first-order valence-electron chi connectivity index (χ1n) is 4.92. The van der Waals surface area contributed by atoms with E-state index in [9.17, 15) is 4.79 Å². The van der Waals surface area contributed by atoms with E-state index in [2.05, 4.69) is 14.9 Å². The number of nitrogens with one attached hydrogen (secondary N) is 1. The predicted octanol–water partition coefficient (Wildman–Crippen LogP) is 0.803. The van der Waals surface area contributed by atoms with Gasteiger partial charge in [-0.2, -0.15) is 0 Å². The van der Waals surface area contributed by atoms with Gasteiger partial charge in [-0.05, 0) is 36.2 Å². The molecule has 5 nitrogen and oxygen atoms in total. The van der Waals surface area contributed by atoms with Crippen molar-refractivity contribution in [1.29, 1.82) is 0 Å². The highest BCUT2D eigenvalue weighted by atomic mass is 32.1. The third-order valence-electron chi connectivity index (χ3n) is 2.13. The quantitative estimate of drug-likeness (QED) is 0.771. The van der Waals surface area contributed by atoms with E-state index in [1.165, 1.54) is 11.5 Å². The van der Waals surface area contributed by atoms with E-state index in [1.54, 1.807) is 12.1 Å². The molecular weight excluding hydrogens is 226 g/mol. The van der Waals surface area contributed by atoms with Gasteiger partial charge < -0.3 is 10.4 Å². The third-order valence-corrected chi connectivity index (χ3v) is 2.83. The molecule has 1 aromatic carbocycles. The zero-order chi connectivity index (χ0) is 11.4. The van der Waals surface area contributed by atoms with Gasteiger partial charge in [-0.3, -0.25) is 4.79 Å². The zero-order valence-corrected chi connectivity index (χ0v) is 9.33. The third kappa shape index (κ3) is 2.34. The van der Waals surface area contributed by atoms with E-state index in [1.807, 2.05) is 6.07 Å². The first kappa shape index (κ1) is 11.0. The van der Waals surface area contributed by atoms with Crippen molar-refractivity contribution < 1.29 is 9.90 Å². The van der Waals surface area contributed by atoms with Crippen molar-refractivity contribution in [3.63, 3.8) is 0 Å². The number of aromatic nitrogens is 2. The number of benzene rings is 1. The summed E-state index contributed by atoms with van der Waals surface area (Å²) in [5.41, 5.74) is 1.30. The van der Waals surface area contributed by atoms with Gasteiger partial charge in [0, 0.05) is 18.7 Å². The van der Waals surface area contributed by atoms with Gasteiger partial charge in [0.2, 0.25) is 0 Å². The summed E-state index contributed by atoms with van der Waals surface area (Å²) < 4.78 is 4.77. The van der Waals surface area contributed by atoms with Crippen LogP contribution in [0.4, 0.5) is 0 Å². The van der Waals surface area contributed by atoms with Gasteiger partial charge in [0.25, 0.3) is 5.91 Å². The van der Waals surface area contributed by atoms with Crippen molar-refractivity contribution in [2.75, 3.05) is 13.2 Å². The molecule has 0 fully saturated rings. The molecule has 0 radical (unpaired) electrons. The van der Waals surface area contributed by atoms with Crippen LogP contribution in [-0.2, 0) is 0 Å². The van der Waals surface area contributed by atoms with Crippen molar-refractivity contribution >= 4 is 27.7 Å². The monoisotopic (exact) mass is 237 g/mol. The number of hydrogen-bond acceptors (Lipinski definition) is 5. The molecule has 0 saturated carbocycles. The van der Waals surface area contributed by atoms with E-state index >= 15 is 0 Å². The number of amides is 1. The topological polar surface area (TPSA) is 75.1 Å². The number of rotatable bonds is 4. The fourth-order valence-corrected chi connectivity index (χ4v) is 1.84. The molecule has 0 aliphatic carbocycles. The van der Waals surface area contributed by atoms with Gasteiger partial charge in [0.05, 0.1) is 4.70 Å². The van der Waals surface area contributed by atoms with Crippen LogP contribution in [0.15, 0.2) is 18.2 Å². The number of carbonyl (C=O) groups is 1. The molecular formula is C10H11N3O2S. The Hall–Kier alpha value is -1.53. The van der Waals surface area contributed by atoms with Crippen molar-refractivity contribution in [3.8, 4) is 0 Å². The normalized spacial score (nSPS) is 10.6. The minimum atomic E-state index is -0.150. The van der Waals surface area contributed by atoms with Crippen molar-refractivity contribution in [1.82, 2.24) is 14.9 Å².